The molecule has 1 heterocycles. The maximum atomic E-state index is 12.8. The molecule has 3 fully saturated rings. The molecular weight excluding hydrogens is 1080 g/mol. The number of esters is 4. The number of ether oxygens (including phenoxy) is 6. The summed E-state index contributed by atoms with van der Waals surface area (Å²) in [5, 5.41) is 0. The zero-order valence-electron chi connectivity index (χ0n) is 58.8. The fraction of sp³-hybridized carbons (Fsp3) is 0.890. The Morgan fingerprint density at radius 3 is 1.08 bits per heavy atom. The van der Waals surface area contributed by atoms with E-state index in [0.717, 1.165) is 122 Å². The van der Waals surface area contributed by atoms with Crippen molar-refractivity contribution in [2.24, 2.45) is 17.8 Å². The minimum Gasteiger partial charge on any atom is -0.498 e. The van der Waals surface area contributed by atoms with Crippen LogP contribution < -0.4 is 0 Å². The van der Waals surface area contributed by atoms with Gasteiger partial charge in [-0.05, 0) is 94.5 Å². The van der Waals surface area contributed by atoms with E-state index >= 15 is 0 Å². The Balaban J connectivity index is -0.00000141. The highest BCUT2D eigenvalue weighted by Crippen LogP contribution is 2.37. The first-order valence-corrected chi connectivity index (χ1v) is 36.3. The monoisotopic (exact) mass is 1220 g/mol. The van der Waals surface area contributed by atoms with Crippen LogP contribution in [0.1, 0.15) is 354 Å². The number of hydrogen-bond donors (Lipinski definition) is 0. The summed E-state index contributed by atoms with van der Waals surface area (Å²) in [6, 6.07) is -0.153. The molecule has 13 nitrogen and oxygen atoms in total. The molecule has 0 N–H and O–H groups in total. The SMILES string of the molecule is CC.CC.CC.CCCC.CCCCCCCCOC(=O)CC(CC(=O)C1CC1)CC(OCCCCCCCC)=C1CCC1.CCCCCCCCOC(=O)CC(CC(=O)OCCCCCCCC)CC(=O)OCC1CC(CC)N1C(=O)OCCC. The summed E-state index contributed by atoms with van der Waals surface area (Å²) in [5.41, 5.74) is 1.41. The van der Waals surface area contributed by atoms with Crippen LogP contribution in [-0.4, -0.2) is 92.4 Å². The van der Waals surface area contributed by atoms with Gasteiger partial charge in [-0.25, -0.2) is 4.79 Å². The molecule has 2 saturated carbocycles. The Hall–Kier alpha value is -3.64. The Morgan fingerprint density at radius 1 is 0.384 bits per heavy atom. The molecule has 2 aliphatic carbocycles. The third kappa shape index (κ3) is 49.3. The summed E-state index contributed by atoms with van der Waals surface area (Å²) in [7, 11) is 0. The Morgan fingerprint density at radius 2 is 0.744 bits per heavy atom. The zero-order valence-corrected chi connectivity index (χ0v) is 58.8. The van der Waals surface area contributed by atoms with E-state index in [4.69, 9.17) is 28.4 Å². The minimum atomic E-state index is -0.568. The van der Waals surface area contributed by atoms with Crippen LogP contribution in [0.4, 0.5) is 4.79 Å². The molecule has 0 aromatic rings. The highest BCUT2D eigenvalue weighted by molar-refractivity contribution is 5.84. The van der Waals surface area contributed by atoms with E-state index in [1.807, 2.05) is 55.4 Å². The lowest BCUT2D eigenvalue weighted by atomic mass is 9.86. The maximum absolute atomic E-state index is 12.8. The molecule has 3 rings (SSSR count). The van der Waals surface area contributed by atoms with Crippen LogP contribution in [0.15, 0.2) is 11.3 Å². The smallest absolute Gasteiger partial charge is 0.410 e. The first kappa shape index (κ1) is 86.6. The van der Waals surface area contributed by atoms with Gasteiger partial charge in [0.1, 0.15) is 12.4 Å². The van der Waals surface area contributed by atoms with Crippen molar-refractivity contribution in [3.63, 3.8) is 0 Å². The van der Waals surface area contributed by atoms with E-state index in [0.29, 0.717) is 45.1 Å². The quantitative estimate of drug-likeness (QED) is 0.0246. The van der Waals surface area contributed by atoms with Gasteiger partial charge in [-0.1, -0.05) is 238 Å². The van der Waals surface area contributed by atoms with Gasteiger partial charge in [0.2, 0.25) is 0 Å². The van der Waals surface area contributed by atoms with Gasteiger partial charge >= 0.3 is 30.0 Å². The van der Waals surface area contributed by atoms with Crippen LogP contribution in [0.5, 0.6) is 0 Å². The third-order valence-corrected chi connectivity index (χ3v) is 15.6. The molecule has 0 bridgehead atoms. The maximum Gasteiger partial charge on any atom is 0.410 e. The van der Waals surface area contributed by atoms with E-state index < -0.39 is 23.8 Å². The molecule has 3 unspecified atom stereocenters. The fourth-order valence-electron chi connectivity index (χ4n) is 9.92. The van der Waals surface area contributed by atoms with Gasteiger partial charge in [0, 0.05) is 50.5 Å². The Kier molecular flexibility index (Phi) is 64.8. The number of likely N-dealkylation sites (tertiary alicyclic amines) is 1. The molecule has 508 valence electrons. The lowest BCUT2D eigenvalue weighted by molar-refractivity contribution is -0.152. The van der Waals surface area contributed by atoms with Gasteiger partial charge in [0.15, 0.2) is 0 Å². The summed E-state index contributed by atoms with van der Waals surface area (Å²) < 4.78 is 33.5. The fourth-order valence-corrected chi connectivity index (χ4v) is 9.92. The largest absolute Gasteiger partial charge is 0.498 e. The summed E-state index contributed by atoms with van der Waals surface area (Å²) >= 11 is 0. The number of ketones is 1. The van der Waals surface area contributed by atoms with Gasteiger partial charge in [0.05, 0.1) is 44.8 Å². The first-order valence-electron chi connectivity index (χ1n) is 36.3. The number of unbranched alkanes of at least 4 members (excludes halogenated alkanes) is 21. The van der Waals surface area contributed by atoms with Gasteiger partial charge in [-0.3, -0.25) is 28.9 Å². The zero-order chi connectivity index (χ0) is 64.9. The average Bonchev–Trinajstić information content (AvgIpc) is 2.19. The first-order chi connectivity index (χ1) is 41.9. The number of hydrogen-bond acceptors (Lipinski definition) is 12. The molecule has 1 amide bonds. The summed E-state index contributed by atoms with van der Waals surface area (Å²) in [5.74, 6) is -0.380. The average molecular weight is 1220 g/mol. The highest BCUT2D eigenvalue weighted by atomic mass is 16.6. The molecule has 0 spiro atoms. The number of nitrogens with zero attached hydrogens (tertiary/aromatic N) is 1. The van der Waals surface area contributed by atoms with Crippen LogP contribution >= 0.6 is 0 Å². The van der Waals surface area contributed by atoms with Crippen molar-refractivity contribution in [1.29, 1.82) is 0 Å². The number of carbonyl (C=O) groups excluding carboxylic acids is 6. The molecule has 3 aliphatic rings. The summed E-state index contributed by atoms with van der Waals surface area (Å²) in [4.78, 5) is 77.1. The van der Waals surface area contributed by atoms with E-state index in [-0.39, 0.29) is 61.9 Å². The van der Waals surface area contributed by atoms with Crippen LogP contribution in [0.25, 0.3) is 0 Å². The van der Waals surface area contributed by atoms with E-state index in [1.165, 1.54) is 121 Å². The molecule has 1 aliphatic heterocycles. The van der Waals surface area contributed by atoms with Crippen molar-refractivity contribution in [3.05, 3.63) is 11.3 Å². The Bertz CT molecular complexity index is 1590. The highest BCUT2D eigenvalue weighted by Gasteiger charge is 2.42. The lowest BCUT2D eigenvalue weighted by Crippen LogP contribution is -2.60. The van der Waals surface area contributed by atoms with Gasteiger partial charge in [-0.2, -0.15) is 0 Å². The van der Waals surface area contributed by atoms with E-state index in [1.54, 1.807) is 4.90 Å². The second-order valence-corrected chi connectivity index (χ2v) is 23.3. The molecule has 86 heavy (non-hydrogen) atoms. The lowest BCUT2D eigenvalue weighted by Gasteiger charge is -2.47. The number of rotatable bonds is 48. The predicted octanol–water partition coefficient (Wildman–Crippen LogP) is 20.9. The molecule has 0 aromatic carbocycles. The molecular formula is C73H139NO12. The summed E-state index contributed by atoms with van der Waals surface area (Å²) in [6.45, 7) is 31.5. The Labute approximate surface area is 530 Å². The molecule has 13 heteroatoms. The topological polar surface area (TPSA) is 161 Å². The molecule has 1 saturated heterocycles. The van der Waals surface area contributed by atoms with Crippen molar-refractivity contribution in [2.75, 3.05) is 39.6 Å². The van der Waals surface area contributed by atoms with Gasteiger partial charge in [0.25, 0.3) is 0 Å². The number of allylic oxidation sites excluding steroid dienone is 2. The van der Waals surface area contributed by atoms with Crippen molar-refractivity contribution in [1.82, 2.24) is 4.90 Å². The standard InChI is InChI=1S/C33H59NO8.C30H52O4.C4H10.3C2H6/c1-5-9-11-13-15-17-20-39-30(35)22-27(23-31(36)40-21-18-16-14-12-10-6-2)24-32(37)42-26-29-25-28(8-4)34(29)33(38)41-19-7-3;1-3-5-7-9-11-13-20-33-29(27-16-15-17-27)23-25(22-28(31)26-18-19-26)24-30(32)34-21-14-12-10-8-6-4-2;1-3-4-2;3*1-2/h27-29H,5-26H2,1-4H3;25-26H,3-24H2,1-2H3;3-4H2,1-2H3;3*1-2H3. The number of Topliss-reactive ketones (excluding diaryl/α,β-unsaturated/α-hetero) is 1. The van der Waals surface area contributed by atoms with Gasteiger partial charge in [-0.15, -0.1) is 0 Å². The van der Waals surface area contributed by atoms with Crippen molar-refractivity contribution in [3.8, 4) is 0 Å². The normalized spacial score (nSPS) is 14.8. The second-order valence-electron chi connectivity index (χ2n) is 23.3. The van der Waals surface area contributed by atoms with Crippen molar-refractivity contribution in [2.45, 2.75) is 366 Å². The molecule has 0 aromatic heterocycles. The van der Waals surface area contributed by atoms with Crippen molar-refractivity contribution >= 4 is 35.8 Å². The number of carbonyl (C=O) groups is 6. The van der Waals surface area contributed by atoms with E-state index in [2.05, 4.69) is 41.5 Å². The predicted molar refractivity (Wildman–Crippen MR) is 357 cm³/mol. The molecule has 0 radical (unpaired) electrons. The summed E-state index contributed by atoms with van der Waals surface area (Å²) in [6.07, 6.45) is 39.0. The number of amides is 1. The minimum absolute atomic E-state index is 0.0119. The van der Waals surface area contributed by atoms with Crippen LogP contribution in [-0.2, 0) is 52.4 Å². The van der Waals surface area contributed by atoms with Crippen LogP contribution in [0, 0.1) is 17.8 Å². The van der Waals surface area contributed by atoms with E-state index in [9.17, 15) is 28.8 Å². The third-order valence-electron chi connectivity index (χ3n) is 15.6. The van der Waals surface area contributed by atoms with Crippen LogP contribution in [0.3, 0.4) is 0 Å². The second kappa shape index (κ2) is 64.3. The van der Waals surface area contributed by atoms with Gasteiger partial charge < -0.3 is 28.4 Å². The molecule has 3 atom stereocenters. The van der Waals surface area contributed by atoms with Crippen LogP contribution in [0.2, 0.25) is 0 Å². The van der Waals surface area contributed by atoms with Crippen molar-refractivity contribution < 1.29 is 57.2 Å².